The molecule has 2 unspecified atom stereocenters. The molecule has 2 aliphatic rings. The van der Waals surface area contributed by atoms with Crippen LogP contribution in [-0.2, 0) is 11.2 Å². The molecule has 1 aliphatic carbocycles. The zero-order valence-corrected chi connectivity index (χ0v) is 13.9. The second-order valence-electron chi connectivity index (χ2n) is 7.04. The van der Waals surface area contributed by atoms with Gasteiger partial charge in [0, 0.05) is 38.0 Å². The Balaban J connectivity index is 1.52. The second-order valence-corrected chi connectivity index (χ2v) is 7.04. The van der Waals surface area contributed by atoms with E-state index >= 15 is 0 Å². The zero-order chi connectivity index (χ0) is 16.2. The maximum absolute atomic E-state index is 12.5. The van der Waals surface area contributed by atoms with Crippen LogP contribution in [0, 0.1) is 5.92 Å². The van der Waals surface area contributed by atoms with Crippen molar-refractivity contribution in [3.05, 3.63) is 11.8 Å². The van der Waals surface area contributed by atoms with Crippen molar-refractivity contribution in [3.8, 4) is 0 Å². The minimum absolute atomic E-state index is 0.122. The molecule has 1 aromatic heterocycles. The van der Waals surface area contributed by atoms with Crippen LogP contribution in [0.1, 0.15) is 69.6 Å². The van der Waals surface area contributed by atoms with Crippen LogP contribution in [0.25, 0.3) is 0 Å². The number of hydrogen-bond acceptors (Lipinski definition) is 5. The molecule has 128 valence electrons. The molecule has 1 amide bonds. The third kappa shape index (κ3) is 3.91. The van der Waals surface area contributed by atoms with E-state index in [1.807, 2.05) is 4.90 Å². The third-order valence-corrected chi connectivity index (χ3v) is 5.30. The predicted octanol–water partition coefficient (Wildman–Crippen LogP) is 2.28. The van der Waals surface area contributed by atoms with Crippen molar-refractivity contribution in [1.82, 2.24) is 15.1 Å². The van der Waals surface area contributed by atoms with Gasteiger partial charge in [-0.05, 0) is 38.5 Å². The van der Waals surface area contributed by atoms with Gasteiger partial charge in [-0.1, -0.05) is 12.8 Å². The number of carbonyl (C=O) groups excluding carboxylic acids is 1. The van der Waals surface area contributed by atoms with Crippen LogP contribution in [0.5, 0.6) is 0 Å². The van der Waals surface area contributed by atoms with Crippen LogP contribution in [0.4, 0.5) is 0 Å². The van der Waals surface area contributed by atoms with Crippen LogP contribution in [-0.4, -0.2) is 45.3 Å². The number of amides is 1. The number of rotatable bonds is 5. The highest BCUT2D eigenvalue weighted by molar-refractivity contribution is 5.76. The quantitative estimate of drug-likeness (QED) is 0.900. The molecule has 2 atom stereocenters. The Kier molecular flexibility index (Phi) is 5.30. The van der Waals surface area contributed by atoms with Gasteiger partial charge in [-0.25, -0.2) is 0 Å². The summed E-state index contributed by atoms with van der Waals surface area (Å²) >= 11 is 0. The van der Waals surface area contributed by atoms with Crippen LogP contribution < -0.4 is 0 Å². The molecule has 0 bridgehead atoms. The van der Waals surface area contributed by atoms with Gasteiger partial charge in [0.05, 0.1) is 0 Å². The minimum atomic E-state index is 0.122. The summed E-state index contributed by atoms with van der Waals surface area (Å²) < 4.78 is 5.74. The monoisotopic (exact) mass is 321 g/mol. The molecule has 0 aromatic carbocycles. The van der Waals surface area contributed by atoms with Gasteiger partial charge in [-0.15, -0.1) is 10.2 Å². The molecule has 1 saturated heterocycles. The van der Waals surface area contributed by atoms with E-state index in [9.17, 15) is 9.90 Å². The summed E-state index contributed by atoms with van der Waals surface area (Å²) in [5.41, 5.74) is 0. The van der Waals surface area contributed by atoms with Crippen molar-refractivity contribution < 1.29 is 14.3 Å². The van der Waals surface area contributed by atoms with Gasteiger partial charge >= 0.3 is 0 Å². The zero-order valence-electron chi connectivity index (χ0n) is 13.9. The number of aliphatic hydroxyl groups is 1. The van der Waals surface area contributed by atoms with Crippen molar-refractivity contribution >= 4 is 5.91 Å². The normalized spacial score (nSPS) is 25.9. The van der Waals surface area contributed by atoms with Crippen molar-refractivity contribution in [2.24, 2.45) is 5.92 Å². The van der Waals surface area contributed by atoms with E-state index in [1.165, 1.54) is 12.8 Å². The number of aromatic nitrogens is 2. The Morgan fingerprint density at radius 2 is 2.04 bits per heavy atom. The first-order chi connectivity index (χ1) is 11.2. The number of likely N-dealkylation sites (tertiary alicyclic amines) is 1. The molecule has 1 saturated carbocycles. The average Bonchev–Trinajstić information content (AvgIpc) is 3.24. The first-order valence-electron chi connectivity index (χ1n) is 8.90. The van der Waals surface area contributed by atoms with E-state index in [-0.39, 0.29) is 24.5 Å². The Morgan fingerprint density at radius 3 is 2.78 bits per heavy atom. The molecule has 6 nitrogen and oxygen atoms in total. The molecule has 2 fully saturated rings. The fourth-order valence-corrected chi connectivity index (χ4v) is 3.74. The molecule has 1 aromatic rings. The van der Waals surface area contributed by atoms with Gasteiger partial charge in [0.25, 0.3) is 0 Å². The summed E-state index contributed by atoms with van der Waals surface area (Å²) in [5, 5.41) is 17.6. The van der Waals surface area contributed by atoms with Crippen molar-refractivity contribution in [2.45, 2.75) is 70.3 Å². The standard InChI is InChI=1S/C17H27N3O3/c1-12-6-7-13(11-21)10-20(12)16(22)9-8-15-18-19-17(23-15)14-4-2-3-5-14/h12-14,21H,2-11H2,1H3. The van der Waals surface area contributed by atoms with Crippen LogP contribution in [0.2, 0.25) is 0 Å². The fraction of sp³-hybridized carbons (Fsp3) is 0.824. The summed E-state index contributed by atoms with van der Waals surface area (Å²) in [6.07, 6.45) is 7.60. The summed E-state index contributed by atoms with van der Waals surface area (Å²) in [4.78, 5) is 14.4. The Hall–Kier alpha value is -1.43. The number of hydrogen-bond donors (Lipinski definition) is 1. The van der Waals surface area contributed by atoms with Gasteiger partial charge in [0.2, 0.25) is 17.7 Å². The highest BCUT2D eigenvalue weighted by Crippen LogP contribution is 2.33. The van der Waals surface area contributed by atoms with Crippen molar-refractivity contribution in [3.63, 3.8) is 0 Å². The average molecular weight is 321 g/mol. The van der Waals surface area contributed by atoms with Crippen molar-refractivity contribution in [2.75, 3.05) is 13.2 Å². The molecule has 3 rings (SSSR count). The SMILES string of the molecule is CC1CCC(CO)CN1C(=O)CCc1nnc(C2CCCC2)o1. The smallest absolute Gasteiger partial charge is 0.223 e. The van der Waals surface area contributed by atoms with Crippen LogP contribution >= 0.6 is 0 Å². The lowest BCUT2D eigenvalue weighted by Crippen LogP contribution is -2.46. The van der Waals surface area contributed by atoms with Gasteiger partial charge in [0.15, 0.2) is 0 Å². The molecular weight excluding hydrogens is 294 g/mol. The van der Waals surface area contributed by atoms with Gasteiger partial charge in [-0.3, -0.25) is 4.79 Å². The minimum Gasteiger partial charge on any atom is -0.425 e. The lowest BCUT2D eigenvalue weighted by Gasteiger charge is -2.37. The molecule has 23 heavy (non-hydrogen) atoms. The van der Waals surface area contributed by atoms with Gasteiger partial charge in [-0.2, -0.15) is 0 Å². The summed E-state index contributed by atoms with van der Waals surface area (Å²) in [6.45, 7) is 2.90. The maximum atomic E-state index is 12.5. The molecule has 0 radical (unpaired) electrons. The number of nitrogens with zero attached hydrogens (tertiary/aromatic N) is 3. The van der Waals surface area contributed by atoms with Crippen LogP contribution in [0.3, 0.4) is 0 Å². The van der Waals surface area contributed by atoms with E-state index in [2.05, 4.69) is 17.1 Å². The molecular formula is C17H27N3O3. The Bertz CT molecular complexity index is 525. The van der Waals surface area contributed by atoms with E-state index < -0.39 is 0 Å². The van der Waals surface area contributed by atoms with Gasteiger partial charge in [0.1, 0.15) is 0 Å². The van der Waals surface area contributed by atoms with E-state index in [0.717, 1.165) is 31.6 Å². The predicted molar refractivity (Wildman–Crippen MR) is 84.8 cm³/mol. The lowest BCUT2D eigenvalue weighted by molar-refractivity contribution is -0.136. The fourth-order valence-electron chi connectivity index (χ4n) is 3.74. The molecule has 1 N–H and O–H groups in total. The Morgan fingerprint density at radius 1 is 1.26 bits per heavy atom. The van der Waals surface area contributed by atoms with E-state index in [4.69, 9.17) is 4.42 Å². The van der Waals surface area contributed by atoms with Gasteiger partial charge < -0.3 is 14.4 Å². The van der Waals surface area contributed by atoms with Crippen LogP contribution in [0.15, 0.2) is 4.42 Å². The summed E-state index contributed by atoms with van der Waals surface area (Å²) in [5.74, 6) is 2.07. The highest BCUT2D eigenvalue weighted by Gasteiger charge is 2.29. The second kappa shape index (κ2) is 7.43. The van der Waals surface area contributed by atoms with Crippen molar-refractivity contribution in [1.29, 1.82) is 0 Å². The first kappa shape index (κ1) is 16.4. The molecule has 0 spiro atoms. The highest BCUT2D eigenvalue weighted by atomic mass is 16.4. The number of aliphatic hydroxyl groups excluding tert-OH is 1. The summed E-state index contributed by atoms with van der Waals surface area (Å²) in [6, 6.07) is 0.252. The third-order valence-electron chi connectivity index (χ3n) is 5.30. The lowest BCUT2D eigenvalue weighted by atomic mass is 9.94. The molecule has 6 heteroatoms. The maximum Gasteiger partial charge on any atom is 0.223 e. The van der Waals surface area contributed by atoms with E-state index in [1.54, 1.807) is 0 Å². The number of aryl methyl sites for hydroxylation is 1. The molecule has 1 aliphatic heterocycles. The van der Waals surface area contributed by atoms with E-state index in [0.29, 0.717) is 31.2 Å². The number of carbonyl (C=O) groups is 1. The topological polar surface area (TPSA) is 79.5 Å². The number of piperidine rings is 1. The largest absolute Gasteiger partial charge is 0.425 e. The Labute approximate surface area is 137 Å². The first-order valence-corrected chi connectivity index (χ1v) is 8.90. The molecule has 2 heterocycles. The summed E-state index contributed by atoms with van der Waals surface area (Å²) in [7, 11) is 0.